The van der Waals surface area contributed by atoms with Gasteiger partial charge in [0.1, 0.15) is 0 Å². The predicted octanol–water partition coefficient (Wildman–Crippen LogP) is 3.46. The fraction of sp³-hybridized carbons (Fsp3) is 0.632. The number of aliphatic imine (C=N–C) groups is 1. The topological polar surface area (TPSA) is 54.9 Å². The number of rotatable bonds is 8. The van der Waals surface area contributed by atoms with E-state index >= 15 is 0 Å². The molecular formula is C19H32IN3O2. The molecule has 0 radical (unpaired) electrons. The lowest BCUT2D eigenvalue weighted by Crippen LogP contribution is -2.41. The molecule has 0 amide bonds. The van der Waals surface area contributed by atoms with Gasteiger partial charge in [0.05, 0.1) is 25.4 Å². The first-order valence-electron chi connectivity index (χ1n) is 9.00. The van der Waals surface area contributed by atoms with Crippen molar-refractivity contribution in [1.82, 2.24) is 10.6 Å². The summed E-state index contributed by atoms with van der Waals surface area (Å²) in [7, 11) is 0. The van der Waals surface area contributed by atoms with Gasteiger partial charge >= 0.3 is 0 Å². The van der Waals surface area contributed by atoms with Gasteiger partial charge in [0.25, 0.3) is 0 Å². The molecule has 2 N–H and O–H groups in total. The van der Waals surface area contributed by atoms with Crippen molar-refractivity contribution in [3.8, 4) is 0 Å². The Labute approximate surface area is 169 Å². The summed E-state index contributed by atoms with van der Waals surface area (Å²) in [4.78, 5) is 4.68. The third-order valence-electron chi connectivity index (χ3n) is 3.86. The maximum Gasteiger partial charge on any atom is 0.191 e. The molecule has 142 valence electrons. The second-order valence-electron chi connectivity index (χ2n) is 6.39. The number of benzene rings is 1. The number of hydrogen-bond donors (Lipinski definition) is 2. The third kappa shape index (κ3) is 8.87. The predicted molar refractivity (Wildman–Crippen MR) is 114 cm³/mol. The van der Waals surface area contributed by atoms with Gasteiger partial charge in [-0.2, -0.15) is 0 Å². The summed E-state index contributed by atoms with van der Waals surface area (Å²) in [5, 5.41) is 6.67. The van der Waals surface area contributed by atoms with E-state index in [1.165, 1.54) is 11.1 Å². The van der Waals surface area contributed by atoms with Crippen molar-refractivity contribution in [3.05, 3.63) is 35.4 Å². The van der Waals surface area contributed by atoms with E-state index < -0.39 is 0 Å². The Bertz CT molecular complexity index is 517. The number of nitrogens with zero attached hydrogens (tertiary/aromatic N) is 1. The van der Waals surface area contributed by atoms with Crippen LogP contribution in [-0.2, 0) is 22.6 Å². The molecule has 1 atom stereocenters. The minimum Gasteiger partial charge on any atom is -0.376 e. The minimum absolute atomic E-state index is 0. The Kier molecular flexibility index (Phi) is 11.1. The minimum atomic E-state index is 0. The van der Waals surface area contributed by atoms with Crippen molar-refractivity contribution < 1.29 is 9.47 Å². The number of nitrogens with one attached hydrogen (secondary N) is 2. The van der Waals surface area contributed by atoms with Crippen molar-refractivity contribution in [3.63, 3.8) is 0 Å². The molecule has 1 unspecified atom stereocenters. The molecule has 0 spiro atoms. The van der Waals surface area contributed by atoms with Crippen LogP contribution in [0.3, 0.4) is 0 Å². The quantitative estimate of drug-likeness (QED) is 0.354. The molecule has 1 saturated heterocycles. The number of hydrogen-bond acceptors (Lipinski definition) is 3. The Hall–Kier alpha value is -0.860. The Morgan fingerprint density at radius 3 is 2.80 bits per heavy atom. The lowest BCUT2D eigenvalue weighted by atomic mass is 10.1. The molecule has 0 aliphatic carbocycles. The molecule has 0 aromatic heterocycles. The lowest BCUT2D eigenvalue weighted by molar-refractivity contribution is 0.0657. The summed E-state index contributed by atoms with van der Waals surface area (Å²) in [6.45, 7) is 10.0. The zero-order chi connectivity index (χ0) is 17.2. The molecule has 0 bridgehead atoms. The second kappa shape index (κ2) is 12.5. The van der Waals surface area contributed by atoms with E-state index in [-0.39, 0.29) is 30.1 Å². The third-order valence-corrected chi connectivity index (χ3v) is 3.86. The molecule has 1 aromatic rings. The first kappa shape index (κ1) is 22.2. The normalized spacial score (nSPS) is 17.4. The summed E-state index contributed by atoms with van der Waals surface area (Å²) in [6.07, 6.45) is 2.84. The molecule has 1 aliphatic heterocycles. The number of halogens is 1. The van der Waals surface area contributed by atoms with Gasteiger partial charge in [0.15, 0.2) is 5.96 Å². The first-order valence-corrected chi connectivity index (χ1v) is 9.00. The zero-order valence-corrected chi connectivity index (χ0v) is 17.9. The molecular weight excluding hydrogens is 429 g/mol. The zero-order valence-electron chi connectivity index (χ0n) is 15.6. The fourth-order valence-corrected chi connectivity index (χ4v) is 2.61. The summed E-state index contributed by atoms with van der Waals surface area (Å²) >= 11 is 0. The number of guanidine groups is 1. The molecule has 5 nitrogen and oxygen atoms in total. The lowest BCUT2D eigenvalue weighted by Gasteiger charge is -2.15. The van der Waals surface area contributed by atoms with Crippen molar-refractivity contribution in [2.24, 2.45) is 4.99 Å². The van der Waals surface area contributed by atoms with Gasteiger partial charge in [-0.15, -0.1) is 24.0 Å². The van der Waals surface area contributed by atoms with Crippen molar-refractivity contribution in [2.45, 2.75) is 59.0 Å². The van der Waals surface area contributed by atoms with Crippen LogP contribution >= 0.6 is 24.0 Å². The average molecular weight is 461 g/mol. The highest BCUT2D eigenvalue weighted by Gasteiger charge is 2.15. The monoisotopic (exact) mass is 461 g/mol. The van der Waals surface area contributed by atoms with Crippen molar-refractivity contribution >= 4 is 29.9 Å². The molecule has 25 heavy (non-hydrogen) atoms. The van der Waals surface area contributed by atoms with E-state index in [2.05, 4.69) is 60.7 Å². The summed E-state index contributed by atoms with van der Waals surface area (Å²) in [5.41, 5.74) is 2.38. The van der Waals surface area contributed by atoms with E-state index in [9.17, 15) is 0 Å². The van der Waals surface area contributed by atoms with Crippen LogP contribution in [-0.4, -0.2) is 37.9 Å². The van der Waals surface area contributed by atoms with Gasteiger partial charge in [-0.25, -0.2) is 4.99 Å². The van der Waals surface area contributed by atoms with Crippen LogP contribution in [0.1, 0.15) is 44.7 Å². The Morgan fingerprint density at radius 2 is 2.12 bits per heavy atom. The Morgan fingerprint density at radius 1 is 1.32 bits per heavy atom. The van der Waals surface area contributed by atoms with E-state index in [4.69, 9.17) is 9.47 Å². The Balaban J connectivity index is 0.00000312. The van der Waals surface area contributed by atoms with Gasteiger partial charge in [0.2, 0.25) is 0 Å². The smallest absolute Gasteiger partial charge is 0.191 e. The highest BCUT2D eigenvalue weighted by molar-refractivity contribution is 14.0. The average Bonchev–Trinajstić information content (AvgIpc) is 3.09. The van der Waals surface area contributed by atoms with Gasteiger partial charge < -0.3 is 20.1 Å². The van der Waals surface area contributed by atoms with E-state index in [1.54, 1.807) is 0 Å². The van der Waals surface area contributed by atoms with Crippen LogP contribution in [0.5, 0.6) is 0 Å². The van der Waals surface area contributed by atoms with E-state index in [0.717, 1.165) is 38.5 Å². The van der Waals surface area contributed by atoms with Crippen molar-refractivity contribution in [2.75, 3.05) is 19.7 Å². The van der Waals surface area contributed by atoms with Crippen LogP contribution < -0.4 is 10.6 Å². The highest BCUT2D eigenvalue weighted by atomic mass is 127. The van der Waals surface area contributed by atoms with Crippen LogP contribution in [0.15, 0.2) is 29.3 Å². The number of ether oxygens (including phenoxy) is 2. The summed E-state index contributed by atoms with van der Waals surface area (Å²) in [6, 6.07) is 8.43. The van der Waals surface area contributed by atoms with Crippen LogP contribution in [0, 0.1) is 0 Å². The van der Waals surface area contributed by atoms with Crippen molar-refractivity contribution in [1.29, 1.82) is 0 Å². The maximum atomic E-state index is 5.67. The SMILES string of the molecule is CCNC(=NCc1cccc(COC(C)C)c1)NCC1CCCO1.I. The molecule has 0 saturated carbocycles. The first-order chi connectivity index (χ1) is 11.7. The van der Waals surface area contributed by atoms with Crippen LogP contribution in [0.25, 0.3) is 0 Å². The highest BCUT2D eigenvalue weighted by Crippen LogP contribution is 2.11. The van der Waals surface area contributed by atoms with Gasteiger partial charge in [-0.3, -0.25) is 0 Å². The molecule has 1 fully saturated rings. The van der Waals surface area contributed by atoms with E-state index in [1.807, 2.05) is 0 Å². The molecule has 1 aliphatic rings. The summed E-state index contributed by atoms with van der Waals surface area (Å²) in [5.74, 6) is 0.844. The van der Waals surface area contributed by atoms with Gasteiger partial charge in [0, 0.05) is 19.7 Å². The largest absolute Gasteiger partial charge is 0.376 e. The van der Waals surface area contributed by atoms with Crippen LogP contribution in [0.4, 0.5) is 0 Å². The molecule has 1 aromatic carbocycles. The second-order valence-corrected chi connectivity index (χ2v) is 6.39. The van der Waals surface area contributed by atoms with Gasteiger partial charge in [-0.05, 0) is 44.7 Å². The molecule has 1 heterocycles. The summed E-state index contributed by atoms with van der Waals surface area (Å²) < 4.78 is 11.3. The molecule has 6 heteroatoms. The van der Waals surface area contributed by atoms with E-state index in [0.29, 0.717) is 19.3 Å². The fourth-order valence-electron chi connectivity index (χ4n) is 2.61. The standard InChI is InChI=1S/C19H31N3O2.HI/c1-4-20-19(22-13-18-9-6-10-23-18)21-12-16-7-5-8-17(11-16)14-24-15(2)3;/h5,7-8,11,15,18H,4,6,9-10,12-14H2,1-3H3,(H2,20,21,22);1H. The maximum absolute atomic E-state index is 5.67. The molecule has 2 rings (SSSR count). The van der Waals surface area contributed by atoms with Crippen LogP contribution in [0.2, 0.25) is 0 Å². The van der Waals surface area contributed by atoms with Gasteiger partial charge in [-0.1, -0.05) is 24.3 Å².